The number of nitrogens with one attached hydrogen (secondary N) is 1. The van der Waals surface area contributed by atoms with Crippen molar-refractivity contribution < 1.29 is 23.1 Å². The number of hydrogen-bond donors (Lipinski definition) is 2. The average molecular weight is 313 g/mol. The van der Waals surface area contributed by atoms with Gasteiger partial charge in [0.25, 0.3) is 0 Å². The number of ether oxygens (including phenoxy) is 1. The molecule has 1 fully saturated rings. The van der Waals surface area contributed by atoms with Crippen LogP contribution in [0.25, 0.3) is 0 Å². The Morgan fingerprint density at radius 1 is 1.29 bits per heavy atom. The van der Waals surface area contributed by atoms with E-state index in [1.165, 1.54) is 12.1 Å². The summed E-state index contributed by atoms with van der Waals surface area (Å²) in [5.41, 5.74) is 0. The molecule has 1 aliphatic heterocycles. The summed E-state index contributed by atoms with van der Waals surface area (Å²) in [5.74, 6) is -1.76. The third-order valence-electron chi connectivity index (χ3n) is 3.70. The predicted molar refractivity (Wildman–Crippen MR) is 76.3 cm³/mol. The Labute approximate surface area is 124 Å². The molecule has 1 unspecified atom stereocenters. The molecule has 6 nitrogen and oxygen atoms in total. The molecule has 21 heavy (non-hydrogen) atoms. The van der Waals surface area contributed by atoms with Gasteiger partial charge in [0, 0.05) is 19.8 Å². The van der Waals surface area contributed by atoms with Crippen molar-refractivity contribution in [2.75, 3.05) is 19.8 Å². The van der Waals surface area contributed by atoms with Gasteiger partial charge < -0.3 is 9.84 Å². The number of carbonyl (C=O) groups is 1. The molecule has 2 N–H and O–H groups in total. The lowest BCUT2D eigenvalue weighted by Gasteiger charge is -2.27. The standard InChI is InChI=1S/C14H19NO5S/c16-14(17)13(11-6-8-20-9-7-11)10-15-21(18,19)12-4-2-1-3-5-12/h1-5,11,13,15H,6-10H2,(H,16,17). The SMILES string of the molecule is O=C(O)C(CNS(=O)(=O)c1ccccc1)C1CCOCC1. The first-order valence-electron chi connectivity index (χ1n) is 6.86. The van der Waals surface area contributed by atoms with E-state index in [4.69, 9.17) is 4.74 Å². The highest BCUT2D eigenvalue weighted by molar-refractivity contribution is 7.89. The van der Waals surface area contributed by atoms with E-state index in [0.717, 1.165) is 0 Å². The van der Waals surface area contributed by atoms with Crippen molar-refractivity contribution >= 4 is 16.0 Å². The molecular formula is C14H19NO5S. The van der Waals surface area contributed by atoms with Crippen molar-refractivity contribution in [3.63, 3.8) is 0 Å². The fraction of sp³-hybridized carbons (Fsp3) is 0.500. The topological polar surface area (TPSA) is 92.7 Å². The minimum atomic E-state index is -3.67. The third kappa shape index (κ3) is 4.26. The molecule has 1 heterocycles. The molecule has 7 heteroatoms. The number of hydrogen-bond acceptors (Lipinski definition) is 4. The van der Waals surface area contributed by atoms with E-state index in [9.17, 15) is 18.3 Å². The molecule has 2 rings (SSSR count). The molecule has 1 saturated heterocycles. The van der Waals surface area contributed by atoms with E-state index in [1.807, 2.05) is 0 Å². The lowest BCUT2D eigenvalue weighted by molar-refractivity contribution is -0.144. The molecule has 1 aromatic rings. The Morgan fingerprint density at radius 2 is 1.90 bits per heavy atom. The zero-order chi connectivity index (χ0) is 15.3. The van der Waals surface area contributed by atoms with E-state index < -0.39 is 21.9 Å². The molecule has 1 atom stereocenters. The molecule has 0 aliphatic carbocycles. The van der Waals surface area contributed by atoms with Gasteiger partial charge >= 0.3 is 5.97 Å². The maximum absolute atomic E-state index is 12.1. The minimum absolute atomic E-state index is 0.0604. The van der Waals surface area contributed by atoms with Gasteiger partial charge in [0.2, 0.25) is 10.0 Å². The van der Waals surface area contributed by atoms with Crippen LogP contribution in [0, 0.1) is 11.8 Å². The van der Waals surface area contributed by atoms with Crippen LogP contribution >= 0.6 is 0 Å². The van der Waals surface area contributed by atoms with E-state index in [2.05, 4.69) is 4.72 Å². The fourth-order valence-corrected chi connectivity index (χ4v) is 3.54. The highest BCUT2D eigenvalue weighted by Crippen LogP contribution is 2.24. The number of benzene rings is 1. The van der Waals surface area contributed by atoms with Crippen LogP contribution in [0.5, 0.6) is 0 Å². The summed E-state index contributed by atoms with van der Waals surface area (Å²) >= 11 is 0. The van der Waals surface area contributed by atoms with Crippen LogP contribution in [0.3, 0.4) is 0 Å². The van der Waals surface area contributed by atoms with E-state index in [-0.39, 0.29) is 17.4 Å². The Kier molecular flexibility index (Phi) is 5.33. The van der Waals surface area contributed by atoms with Crippen molar-refractivity contribution in [1.82, 2.24) is 4.72 Å². The van der Waals surface area contributed by atoms with Crippen molar-refractivity contribution in [2.45, 2.75) is 17.7 Å². The number of carboxylic acids is 1. The van der Waals surface area contributed by atoms with Crippen LogP contribution in [-0.4, -0.2) is 39.3 Å². The van der Waals surface area contributed by atoms with Crippen LogP contribution in [0.4, 0.5) is 0 Å². The lowest BCUT2D eigenvalue weighted by Crippen LogP contribution is -2.38. The normalized spacial score (nSPS) is 18.3. The van der Waals surface area contributed by atoms with Gasteiger partial charge in [0.15, 0.2) is 0 Å². The molecule has 0 radical (unpaired) electrons. The Bertz CT molecular complexity index is 566. The fourth-order valence-electron chi connectivity index (χ4n) is 2.46. The summed E-state index contributed by atoms with van der Waals surface area (Å²) in [4.78, 5) is 11.5. The van der Waals surface area contributed by atoms with E-state index >= 15 is 0 Å². The van der Waals surface area contributed by atoms with Gasteiger partial charge in [-0.25, -0.2) is 13.1 Å². The summed E-state index contributed by atoms with van der Waals surface area (Å²) in [7, 11) is -3.67. The molecule has 1 aliphatic rings. The highest BCUT2D eigenvalue weighted by Gasteiger charge is 2.31. The molecule has 0 aromatic heterocycles. The minimum Gasteiger partial charge on any atom is -0.481 e. The molecular weight excluding hydrogens is 294 g/mol. The molecule has 0 saturated carbocycles. The smallest absolute Gasteiger partial charge is 0.308 e. The van der Waals surface area contributed by atoms with E-state index in [0.29, 0.717) is 26.1 Å². The van der Waals surface area contributed by atoms with E-state index in [1.54, 1.807) is 18.2 Å². The quantitative estimate of drug-likeness (QED) is 0.820. The molecule has 0 spiro atoms. The number of aliphatic carboxylic acids is 1. The first-order chi connectivity index (χ1) is 10.0. The van der Waals surface area contributed by atoms with Gasteiger partial charge in [-0.15, -0.1) is 0 Å². The van der Waals surface area contributed by atoms with Gasteiger partial charge in [-0.2, -0.15) is 0 Å². The molecule has 116 valence electrons. The van der Waals surface area contributed by atoms with Gasteiger partial charge in [-0.3, -0.25) is 4.79 Å². The summed E-state index contributed by atoms with van der Waals surface area (Å²) in [5, 5.41) is 9.32. The Hall–Kier alpha value is -1.44. The first kappa shape index (κ1) is 15.9. The van der Waals surface area contributed by atoms with Crippen LogP contribution in [0.15, 0.2) is 35.2 Å². The van der Waals surface area contributed by atoms with Crippen LogP contribution in [0.2, 0.25) is 0 Å². The zero-order valence-corrected chi connectivity index (χ0v) is 12.4. The van der Waals surface area contributed by atoms with Gasteiger partial charge in [0.05, 0.1) is 10.8 Å². The second-order valence-electron chi connectivity index (χ2n) is 5.06. The number of sulfonamides is 1. The molecule has 0 bridgehead atoms. The Balaban J connectivity index is 2.03. The third-order valence-corrected chi connectivity index (χ3v) is 5.14. The lowest BCUT2D eigenvalue weighted by atomic mass is 9.86. The summed E-state index contributed by atoms with van der Waals surface area (Å²) in [6.07, 6.45) is 1.29. The van der Waals surface area contributed by atoms with Crippen molar-refractivity contribution in [2.24, 2.45) is 11.8 Å². The zero-order valence-electron chi connectivity index (χ0n) is 11.6. The summed E-state index contributed by atoms with van der Waals surface area (Å²) < 4.78 is 31.8. The maximum atomic E-state index is 12.1. The summed E-state index contributed by atoms with van der Waals surface area (Å²) in [6.45, 7) is 0.955. The Morgan fingerprint density at radius 3 is 2.48 bits per heavy atom. The molecule has 1 aromatic carbocycles. The average Bonchev–Trinajstić information content (AvgIpc) is 2.49. The van der Waals surface area contributed by atoms with Gasteiger partial charge in [0.1, 0.15) is 0 Å². The number of carboxylic acid groups (broad SMARTS) is 1. The summed E-state index contributed by atoms with van der Waals surface area (Å²) in [6, 6.07) is 7.93. The predicted octanol–water partition coefficient (Wildman–Crippen LogP) is 1.09. The van der Waals surface area contributed by atoms with Crippen LogP contribution in [-0.2, 0) is 19.6 Å². The van der Waals surface area contributed by atoms with Gasteiger partial charge in [-0.1, -0.05) is 18.2 Å². The largest absolute Gasteiger partial charge is 0.481 e. The highest BCUT2D eigenvalue weighted by atomic mass is 32.2. The van der Waals surface area contributed by atoms with Crippen LogP contribution < -0.4 is 4.72 Å². The van der Waals surface area contributed by atoms with Gasteiger partial charge in [-0.05, 0) is 30.9 Å². The first-order valence-corrected chi connectivity index (χ1v) is 8.34. The second kappa shape index (κ2) is 7.02. The second-order valence-corrected chi connectivity index (χ2v) is 6.83. The number of rotatable bonds is 6. The van der Waals surface area contributed by atoms with Crippen molar-refractivity contribution in [1.29, 1.82) is 0 Å². The maximum Gasteiger partial charge on any atom is 0.308 e. The van der Waals surface area contributed by atoms with Crippen molar-refractivity contribution in [3.05, 3.63) is 30.3 Å². The molecule has 0 amide bonds. The van der Waals surface area contributed by atoms with Crippen molar-refractivity contribution in [3.8, 4) is 0 Å². The monoisotopic (exact) mass is 313 g/mol. The van der Waals surface area contributed by atoms with Crippen LogP contribution in [0.1, 0.15) is 12.8 Å².